The number of aldehydes is 1. The summed E-state index contributed by atoms with van der Waals surface area (Å²) in [5.74, 6) is -0.532. The molecule has 0 unspecified atom stereocenters. The summed E-state index contributed by atoms with van der Waals surface area (Å²) in [5.41, 5.74) is 0.498. The number of hydrogen-bond acceptors (Lipinski definition) is 2. The van der Waals surface area contributed by atoms with Crippen LogP contribution in [0.2, 0.25) is 0 Å². The minimum atomic E-state index is -0.532. The Morgan fingerprint density at radius 3 is 2.73 bits per heavy atom. The van der Waals surface area contributed by atoms with Gasteiger partial charge in [-0.15, -0.1) is 0 Å². The molecule has 0 aliphatic rings. The van der Waals surface area contributed by atoms with Crippen LogP contribution in [-0.2, 0) is 0 Å². The summed E-state index contributed by atoms with van der Waals surface area (Å²) >= 11 is 0. The predicted molar refractivity (Wildman–Crippen MR) is 39.4 cm³/mol. The molecule has 0 bridgehead atoms. The van der Waals surface area contributed by atoms with E-state index in [1.165, 1.54) is 6.07 Å². The molecule has 0 fully saturated rings. The van der Waals surface area contributed by atoms with Crippen molar-refractivity contribution in [3.05, 3.63) is 29.6 Å². The molecule has 0 atom stereocenters. The molecule has 0 amide bonds. The first-order chi connectivity index (χ1) is 5.26. The van der Waals surface area contributed by atoms with Gasteiger partial charge in [-0.3, -0.25) is 4.79 Å². The van der Waals surface area contributed by atoms with Gasteiger partial charge < -0.3 is 5.02 Å². The second-order valence-electron chi connectivity index (χ2n) is 2.06. The Kier molecular flexibility index (Phi) is 2.38. The lowest BCUT2D eigenvalue weighted by Crippen LogP contribution is -2.14. The van der Waals surface area contributed by atoms with E-state index in [4.69, 9.17) is 5.02 Å². The van der Waals surface area contributed by atoms with Gasteiger partial charge in [0.25, 0.3) is 0 Å². The van der Waals surface area contributed by atoms with Gasteiger partial charge in [0.1, 0.15) is 12.1 Å². The van der Waals surface area contributed by atoms with E-state index in [2.05, 4.69) is 0 Å². The summed E-state index contributed by atoms with van der Waals surface area (Å²) in [6.45, 7) is 0. The molecule has 0 spiro atoms. The van der Waals surface area contributed by atoms with Gasteiger partial charge >= 0.3 is 7.48 Å². The van der Waals surface area contributed by atoms with Gasteiger partial charge in [-0.1, -0.05) is 11.5 Å². The Balaban J connectivity index is 3.11. The first-order valence-electron chi connectivity index (χ1n) is 2.99. The highest BCUT2D eigenvalue weighted by molar-refractivity contribution is 6.45. The number of rotatable bonds is 2. The molecule has 0 saturated carbocycles. The Labute approximate surface area is 63.9 Å². The third kappa shape index (κ3) is 1.88. The molecule has 0 aromatic heterocycles. The lowest BCUT2D eigenvalue weighted by Gasteiger charge is -1.95. The first kappa shape index (κ1) is 7.95. The van der Waals surface area contributed by atoms with Crippen molar-refractivity contribution in [3.63, 3.8) is 0 Å². The van der Waals surface area contributed by atoms with Crippen molar-refractivity contribution in [2.45, 2.75) is 0 Å². The molecular weight excluding hydrogens is 146 g/mol. The maximum absolute atomic E-state index is 12.5. The van der Waals surface area contributed by atoms with Crippen LogP contribution in [0.15, 0.2) is 18.2 Å². The summed E-state index contributed by atoms with van der Waals surface area (Å²) in [5, 5.41) is 8.47. The van der Waals surface area contributed by atoms with Gasteiger partial charge in [0, 0.05) is 5.56 Å². The molecule has 1 aromatic carbocycles. The SMILES string of the molecule is O=Cc1cc(F)cc([B]O)c1. The molecule has 0 aliphatic heterocycles. The highest BCUT2D eigenvalue weighted by atomic mass is 19.1. The summed E-state index contributed by atoms with van der Waals surface area (Å²) in [4.78, 5) is 10.2. The zero-order valence-corrected chi connectivity index (χ0v) is 5.62. The summed E-state index contributed by atoms with van der Waals surface area (Å²) < 4.78 is 12.5. The van der Waals surface area contributed by atoms with Gasteiger partial charge in [-0.25, -0.2) is 4.39 Å². The van der Waals surface area contributed by atoms with Crippen LogP contribution in [0.25, 0.3) is 0 Å². The van der Waals surface area contributed by atoms with Gasteiger partial charge in [-0.2, -0.15) is 0 Å². The topological polar surface area (TPSA) is 37.3 Å². The molecule has 1 N–H and O–H groups in total. The average molecular weight is 151 g/mol. The fourth-order valence-electron chi connectivity index (χ4n) is 0.778. The lowest BCUT2D eigenvalue weighted by atomic mass is 9.88. The third-order valence-corrected chi connectivity index (χ3v) is 1.23. The number of benzene rings is 1. The van der Waals surface area contributed by atoms with E-state index in [0.717, 1.165) is 19.6 Å². The van der Waals surface area contributed by atoms with Crippen LogP contribution in [0.1, 0.15) is 10.4 Å². The highest BCUT2D eigenvalue weighted by Gasteiger charge is 1.99. The van der Waals surface area contributed by atoms with Crippen molar-refractivity contribution >= 4 is 19.2 Å². The van der Waals surface area contributed by atoms with Crippen molar-refractivity contribution in [2.75, 3.05) is 0 Å². The molecule has 0 heterocycles. The van der Waals surface area contributed by atoms with E-state index in [-0.39, 0.29) is 11.0 Å². The van der Waals surface area contributed by atoms with Crippen LogP contribution in [0.4, 0.5) is 4.39 Å². The minimum Gasteiger partial charge on any atom is -0.450 e. The van der Waals surface area contributed by atoms with Crippen LogP contribution in [0.3, 0.4) is 0 Å². The van der Waals surface area contributed by atoms with Gasteiger partial charge in [0.05, 0.1) is 0 Å². The van der Waals surface area contributed by atoms with Crippen LogP contribution < -0.4 is 5.46 Å². The smallest absolute Gasteiger partial charge is 0.326 e. The zero-order valence-electron chi connectivity index (χ0n) is 5.62. The van der Waals surface area contributed by atoms with Crippen molar-refractivity contribution in [1.82, 2.24) is 0 Å². The largest absolute Gasteiger partial charge is 0.450 e. The molecule has 2 nitrogen and oxygen atoms in total. The molecule has 11 heavy (non-hydrogen) atoms. The van der Waals surface area contributed by atoms with Crippen LogP contribution in [0.5, 0.6) is 0 Å². The lowest BCUT2D eigenvalue weighted by molar-refractivity contribution is 0.112. The highest BCUT2D eigenvalue weighted by Crippen LogP contribution is 1.97. The quantitative estimate of drug-likeness (QED) is 0.472. The standard InChI is InChI=1S/C7H5BFO2/c9-7-2-5(4-10)1-6(3-7)8-11/h1-4,11H. The minimum absolute atomic E-state index is 0.213. The fraction of sp³-hybridized carbons (Fsp3) is 0. The van der Waals surface area contributed by atoms with E-state index < -0.39 is 5.82 Å². The molecule has 1 rings (SSSR count). The van der Waals surface area contributed by atoms with Gasteiger partial charge in [0.15, 0.2) is 0 Å². The van der Waals surface area contributed by atoms with Crippen LogP contribution >= 0.6 is 0 Å². The maximum Gasteiger partial charge on any atom is 0.326 e. The van der Waals surface area contributed by atoms with E-state index in [0.29, 0.717) is 6.29 Å². The van der Waals surface area contributed by atoms with E-state index >= 15 is 0 Å². The Morgan fingerprint density at radius 1 is 1.45 bits per heavy atom. The van der Waals surface area contributed by atoms with Gasteiger partial charge in [-0.05, 0) is 12.1 Å². The molecular formula is C7H5BFO2. The summed E-state index contributed by atoms with van der Waals surface area (Å²) in [7, 11) is 0.746. The molecule has 4 heteroatoms. The first-order valence-corrected chi connectivity index (χ1v) is 2.99. The fourth-order valence-corrected chi connectivity index (χ4v) is 0.778. The zero-order chi connectivity index (χ0) is 8.27. The Hall–Kier alpha value is -1.16. The number of carbonyl (C=O) groups is 1. The van der Waals surface area contributed by atoms with E-state index in [1.54, 1.807) is 0 Å². The Morgan fingerprint density at radius 2 is 2.18 bits per heavy atom. The van der Waals surface area contributed by atoms with Crippen LogP contribution in [0, 0.1) is 5.82 Å². The molecule has 1 aromatic rings. The number of hydrogen-bond donors (Lipinski definition) is 1. The second-order valence-corrected chi connectivity index (χ2v) is 2.06. The maximum atomic E-state index is 12.5. The van der Waals surface area contributed by atoms with Crippen molar-refractivity contribution < 1.29 is 14.2 Å². The van der Waals surface area contributed by atoms with Crippen molar-refractivity contribution in [3.8, 4) is 0 Å². The monoisotopic (exact) mass is 151 g/mol. The summed E-state index contributed by atoms with van der Waals surface area (Å²) in [6, 6.07) is 3.61. The third-order valence-electron chi connectivity index (χ3n) is 1.23. The van der Waals surface area contributed by atoms with Crippen molar-refractivity contribution in [1.29, 1.82) is 0 Å². The normalized spacial score (nSPS) is 9.27. The summed E-state index contributed by atoms with van der Waals surface area (Å²) in [6.07, 6.45) is 0.524. The predicted octanol–water partition coefficient (Wildman–Crippen LogP) is -0.125. The van der Waals surface area contributed by atoms with Gasteiger partial charge in [0.2, 0.25) is 0 Å². The second kappa shape index (κ2) is 3.30. The van der Waals surface area contributed by atoms with E-state index in [9.17, 15) is 9.18 Å². The number of halogens is 1. The molecule has 0 saturated heterocycles. The molecule has 55 valence electrons. The van der Waals surface area contributed by atoms with E-state index in [1.807, 2.05) is 0 Å². The van der Waals surface area contributed by atoms with Crippen molar-refractivity contribution in [2.24, 2.45) is 0 Å². The number of carbonyl (C=O) groups excluding carboxylic acids is 1. The van der Waals surface area contributed by atoms with Crippen LogP contribution in [-0.4, -0.2) is 18.8 Å². The average Bonchev–Trinajstić information content (AvgIpc) is 2.03. The molecule has 1 radical (unpaired) electrons. The molecule has 0 aliphatic carbocycles. The Bertz CT molecular complexity index is 275.